The van der Waals surface area contributed by atoms with Crippen LogP contribution in [-0.4, -0.2) is 18.0 Å². The number of nitrogens with zero attached hydrogens (tertiary/aromatic N) is 1. The highest BCUT2D eigenvalue weighted by Crippen LogP contribution is 2.43. The van der Waals surface area contributed by atoms with E-state index in [1.165, 1.54) is 63.6 Å². The Labute approximate surface area is 117 Å². The summed E-state index contributed by atoms with van der Waals surface area (Å²) in [6, 6.07) is 8.38. The van der Waals surface area contributed by atoms with Gasteiger partial charge in [0.25, 0.3) is 0 Å². The number of likely N-dealkylation sites (tertiary alicyclic amines) is 1. The van der Waals surface area contributed by atoms with E-state index >= 15 is 0 Å². The van der Waals surface area contributed by atoms with E-state index in [1.807, 2.05) is 6.07 Å². The molecule has 1 aromatic carbocycles. The van der Waals surface area contributed by atoms with Gasteiger partial charge in [-0.05, 0) is 55.3 Å². The van der Waals surface area contributed by atoms with E-state index in [-0.39, 0.29) is 0 Å². The highest BCUT2D eigenvalue weighted by atomic mass is 15.1. The summed E-state index contributed by atoms with van der Waals surface area (Å²) >= 11 is 0. The van der Waals surface area contributed by atoms with Gasteiger partial charge in [-0.25, -0.2) is 0 Å². The van der Waals surface area contributed by atoms with Crippen LogP contribution in [0.25, 0.3) is 0 Å². The molecule has 2 N–H and O–H groups in total. The Bertz CT molecular complexity index is 416. The zero-order valence-electron chi connectivity index (χ0n) is 11.9. The summed E-state index contributed by atoms with van der Waals surface area (Å²) in [5, 5.41) is 0. The van der Waals surface area contributed by atoms with Crippen molar-refractivity contribution < 1.29 is 0 Å². The van der Waals surface area contributed by atoms with Gasteiger partial charge in [-0.15, -0.1) is 0 Å². The average Bonchev–Trinajstić information content (AvgIpc) is 2.40. The van der Waals surface area contributed by atoms with Gasteiger partial charge in [0.15, 0.2) is 0 Å². The van der Waals surface area contributed by atoms with Gasteiger partial charge in [0, 0.05) is 18.8 Å². The maximum atomic E-state index is 5.88. The maximum Gasteiger partial charge on any atom is 0.0317 e. The van der Waals surface area contributed by atoms with Crippen molar-refractivity contribution in [2.75, 3.05) is 18.8 Å². The average molecular weight is 258 g/mol. The number of rotatable bonds is 2. The highest BCUT2D eigenvalue weighted by Gasteiger charge is 2.36. The molecule has 2 heteroatoms. The fourth-order valence-corrected chi connectivity index (χ4v) is 4.10. The van der Waals surface area contributed by atoms with Crippen molar-refractivity contribution in [3.63, 3.8) is 0 Å². The van der Waals surface area contributed by atoms with Gasteiger partial charge < -0.3 is 5.73 Å². The van der Waals surface area contributed by atoms with Crippen LogP contribution in [0.2, 0.25) is 0 Å². The van der Waals surface area contributed by atoms with E-state index in [0.717, 1.165) is 12.2 Å². The molecule has 1 aliphatic heterocycles. The molecule has 1 saturated heterocycles. The lowest BCUT2D eigenvalue weighted by molar-refractivity contribution is 0.0494. The van der Waals surface area contributed by atoms with Crippen molar-refractivity contribution in [3.8, 4) is 0 Å². The van der Waals surface area contributed by atoms with Crippen molar-refractivity contribution in [2.45, 2.75) is 51.5 Å². The zero-order chi connectivity index (χ0) is 13.1. The van der Waals surface area contributed by atoms with Gasteiger partial charge in [-0.1, -0.05) is 31.4 Å². The second-order valence-corrected chi connectivity index (χ2v) is 6.62. The molecule has 2 nitrogen and oxygen atoms in total. The van der Waals surface area contributed by atoms with Gasteiger partial charge in [-0.3, -0.25) is 4.90 Å². The minimum absolute atomic E-state index is 0.650. The van der Waals surface area contributed by atoms with E-state index in [4.69, 9.17) is 5.73 Å². The molecule has 1 heterocycles. The van der Waals surface area contributed by atoms with Gasteiger partial charge in [-0.2, -0.15) is 0 Å². The predicted octanol–water partition coefficient (Wildman–Crippen LogP) is 3.82. The lowest BCUT2D eigenvalue weighted by atomic mass is 9.69. The Morgan fingerprint density at radius 2 is 1.84 bits per heavy atom. The Morgan fingerprint density at radius 3 is 2.63 bits per heavy atom. The summed E-state index contributed by atoms with van der Waals surface area (Å²) in [5.41, 5.74) is 8.79. The van der Waals surface area contributed by atoms with Crippen LogP contribution in [0, 0.1) is 5.41 Å². The van der Waals surface area contributed by atoms with Crippen LogP contribution in [0.3, 0.4) is 0 Å². The van der Waals surface area contributed by atoms with Crippen molar-refractivity contribution >= 4 is 5.69 Å². The Kier molecular flexibility index (Phi) is 3.79. The van der Waals surface area contributed by atoms with Gasteiger partial charge >= 0.3 is 0 Å². The number of hydrogen-bond acceptors (Lipinski definition) is 2. The van der Waals surface area contributed by atoms with Gasteiger partial charge in [0.1, 0.15) is 0 Å². The smallest absolute Gasteiger partial charge is 0.0317 e. The molecular formula is C17H26N2. The van der Waals surface area contributed by atoms with Crippen molar-refractivity contribution in [3.05, 3.63) is 29.8 Å². The Balaban J connectivity index is 1.65. The number of nitrogens with two attached hydrogens (primary N) is 1. The summed E-state index contributed by atoms with van der Waals surface area (Å²) in [5.74, 6) is 0. The molecule has 0 unspecified atom stereocenters. The molecule has 0 bridgehead atoms. The van der Waals surface area contributed by atoms with Crippen LogP contribution in [-0.2, 0) is 6.54 Å². The number of piperidine rings is 1. The fourth-order valence-electron chi connectivity index (χ4n) is 4.10. The number of benzene rings is 1. The molecule has 2 fully saturated rings. The van der Waals surface area contributed by atoms with Gasteiger partial charge in [0.2, 0.25) is 0 Å². The molecule has 0 atom stereocenters. The second-order valence-electron chi connectivity index (χ2n) is 6.62. The van der Waals surface area contributed by atoms with Crippen LogP contribution >= 0.6 is 0 Å². The normalized spacial score (nSPS) is 23.6. The molecule has 2 aliphatic rings. The van der Waals surface area contributed by atoms with E-state index < -0.39 is 0 Å². The molecular weight excluding hydrogens is 232 g/mol. The van der Waals surface area contributed by atoms with Crippen molar-refractivity contribution in [1.29, 1.82) is 0 Å². The molecule has 1 aromatic rings. The minimum Gasteiger partial charge on any atom is -0.399 e. The third kappa shape index (κ3) is 3.11. The van der Waals surface area contributed by atoms with E-state index in [2.05, 4.69) is 23.1 Å². The molecule has 1 aliphatic carbocycles. The van der Waals surface area contributed by atoms with Crippen molar-refractivity contribution in [1.82, 2.24) is 4.90 Å². The van der Waals surface area contributed by atoms with Crippen LogP contribution in [0.1, 0.15) is 50.5 Å². The largest absolute Gasteiger partial charge is 0.399 e. The predicted molar refractivity (Wildman–Crippen MR) is 80.9 cm³/mol. The van der Waals surface area contributed by atoms with E-state index in [1.54, 1.807) is 0 Å². The van der Waals surface area contributed by atoms with Crippen LogP contribution in [0.4, 0.5) is 5.69 Å². The molecule has 1 spiro atoms. The number of hydrogen-bond donors (Lipinski definition) is 1. The maximum absolute atomic E-state index is 5.88. The molecule has 104 valence electrons. The van der Waals surface area contributed by atoms with Crippen LogP contribution < -0.4 is 5.73 Å². The lowest BCUT2D eigenvalue weighted by Crippen LogP contribution is -2.43. The number of nitrogen functional groups attached to an aromatic ring is 1. The van der Waals surface area contributed by atoms with Crippen LogP contribution in [0.15, 0.2) is 24.3 Å². The number of anilines is 1. The zero-order valence-corrected chi connectivity index (χ0v) is 11.9. The third-order valence-electron chi connectivity index (χ3n) is 5.01. The van der Waals surface area contributed by atoms with Gasteiger partial charge in [0.05, 0.1) is 0 Å². The molecule has 1 saturated carbocycles. The summed E-state index contributed by atoms with van der Waals surface area (Å²) in [6.07, 6.45) is 10.1. The van der Waals surface area contributed by atoms with Crippen molar-refractivity contribution in [2.24, 2.45) is 5.41 Å². The summed E-state index contributed by atoms with van der Waals surface area (Å²) in [4.78, 5) is 2.66. The Hall–Kier alpha value is -1.02. The monoisotopic (exact) mass is 258 g/mol. The first-order valence-corrected chi connectivity index (χ1v) is 7.83. The molecule has 3 rings (SSSR count). The van der Waals surface area contributed by atoms with E-state index in [9.17, 15) is 0 Å². The first-order chi connectivity index (χ1) is 9.26. The molecule has 19 heavy (non-hydrogen) atoms. The first kappa shape index (κ1) is 13.0. The van der Waals surface area contributed by atoms with Crippen LogP contribution in [0.5, 0.6) is 0 Å². The molecule has 0 aromatic heterocycles. The fraction of sp³-hybridized carbons (Fsp3) is 0.647. The summed E-state index contributed by atoms with van der Waals surface area (Å²) in [6.45, 7) is 3.64. The summed E-state index contributed by atoms with van der Waals surface area (Å²) in [7, 11) is 0. The second kappa shape index (κ2) is 5.54. The minimum atomic E-state index is 0.650. The van der Waals surface area contributed by atoms with E-state index in [0.29, 0.717) is 5.41 Å². The lowest BCUT2D eigenvalue weighted by Gasteiger charge is -2.45. The SMILES string of the molecule is Nc1cccc(CN2CCCC3(CCCCC3)C2)c1. The molecule has 0 radical (unpaired) electrons. The highest BCUT2D eigenvalue weighted by molar-refractivity contribution is 5.40. The Morgan fingerprint density at radius 1 is 1.05 bits per heavy atom. The standard InChI is InChI=1S/C17H26N2/c18-16-7-4-6-15(12-16)13-19-11-5-10-17(14-19)8-2-1-3-9-17/h4,6-7,12H,1-3,5,8-11,13-14,18H2. The summed E-state index contributed by atoms with van der Waals surface area (Å²) < 4.78 is 0. The first-order valence-electron chi connectivity index (χ1n) is 7.83. The molecule has 0 amide bonds. The quantitative estimate of drug-likeness (QED) is 0.817. The third-order valence-corrected chi connectivity index (χ3v) is 5.01. The topological polar surface area (TPSA) is 29.3 Å².